The van der Waals surface area contributed by atoms with Crippen LogP contribution in [0.4, 0.5) is 5.69 Å². The molecule has 0 unspecified atom stereocenters. The van der Waals surface area contributed by atoms with Gasteiger partial charge in [0.2, 0.25) is 0 Å². The van der Waals surface area contributed by atoms with E-state index in [1.165, 1.54) is 11.1 Å². The summed E-state index contributed by atoms with van der Waals surface area (Å²) in [6.07, 6.45) is 1.14. The van der Waals surface area contributed by atoms with E-state index < -0.39 is 0 Å². The second-order valence-corrected chi connectivity index (χ2v) is 8.58. The Morgan fingerprint density at radius 3 is 2.30 bits per heavy atom. The van der Waals surface area contributed by atoms with Gasteiger partial charge in [-0.25, -0.2) is 4.31 Å². The first-order valence-corrected chi connectivity index (χ1v) is 12.7. The average Bonchev–Trinajstić information content (AvgIpc) is 2.88. The summed E-state index contributed by atoms with van der Waals surface area (Å²) in [4.78, 5) is 1.08. The van der Waals surface area contributed by atoms with Gasteiger partial charge in [-0.3, -0.25) is 0 Å². The standard InChI is InChI=1S/C27H32N2OS.C2H6/c1-4-18-29(5-2)31-22(3)25-12-9-13-26(19-25)28-20-23-14-16-27(17-15-23)30-21-24-10-7-6-8-11-24;1-2/h6-17,19,28H,3-5,18,20-21H2,1-2H3;1-2H3. The van der Waals surface area contributed by atoms with Crippen LogP contribution in [0.5, 0.6) is 5.75 Å². The number of hydrogen-bond donors (Lipinski definition) is 1. The second-order valence-electron chi connectivity index (χ2n) is 7.39. The van der Waals surface area contributed by atoms with E-state index in [2.05, 4.69) is 78.6 Å². The van der Waals surface area contributed by atoms with E-state index in [0.717, 1.165) is 48.0 Å². The summed E-state index contributed by atoms with van der Waals surface area (Å²) in [7, 11) is 0. The highest BCUT2D eigenvalue weighted by Gasteiger charge is 2.07. The molecule has 0 fully saturated rings. The van der Waals surface area contributed by atoms with Crippen molar-refractivity contribution in [2.45, 2.75) is 47.3 Å². The third-order valence-corrected chi connectivity index (χ3v) is 6.07. The van der Waals surface area contributed by atoms with Crippen LogP contribution in [-0.4, -0.2) is 17.4 Å². The molecule has 3 aromatic carbocycles. The highest BCUT2D eigenvalue weighted by molar-refractivity contribution is 8.06. The number of anilines is 1. The maximum Gasteiger partial charge on any atom is 0.119 e. The van der Waals surface area contributed by atoms with Crippen molar-refractivity contribution >= 4 is 22.5 Å². The molecule has 0 aromatic heterocycles. The van der Waals surface area contributed by atoms with Crippen molar-refractivity contribution in [3.8, 4) is 5.75 Å². The molecule has 3 rings (SSSR count). The van der Waals surface area contributed by atoms with Gasteiger partial charge in [0.1, 0.15) is 12.4 Å². The molecule has 0 aliphatic rings. The molecular weight excluding hydrogens is 424 g/mol. The second kappa shape index (κ2) is 15.2. The van der Waals surface area contributed by atoms with E-state index >= 15 is 0 Å². The Labute approximate surface area is 205 Å². The maximum atomic E-state index is 5.87. The first-order chi connectivity index (χ1) is 16.2. The number of nitrogens with zero attached hydrogens (tertiary/aromatic N) is 1. The van der Waals surface area contributed by atoms with Crippen LogP contribution < -0.4 is 10.1 Å². The molecule has 0 atom stereocenters. The van der Waals surface area contributed by atoms with Crippen LogP contribution in [0.15, 0.2) is 85.4 Å². The van der Waals surface area contributed by atoms with E-state index in [-0.39, 0.29) is 0 Å². The molecule has 4 heteroatoms. The van der Waals surface area contributed by atoms with Gasteiger partial charge in [0.25, 0.3) is 0 Å². The molecule has 0 bridgehead atoms. The van der Waals surface area contributed by atoms with Crippen LogP contribution in [0.1, 0.15) is 50.8 Å². The molecule has 33 heavy (non-hydrogen) atoms. The lowest BCUT2D eigenvalue weighted by Gasteiger charge is -2.19. The normalized spacial score (nSPS) is 10.3. The lowest BCUT2D eigenvalue weighted by atomic mass is 10.1. The molecule has 3 nitrogen and oxygen atoms in total. The first kappa shape index (κ1) is 26.6. The first-order valence-electron chi connectivity index (χ1n) is 11.9. The van der Waals surface area contributed by atoms with Crippen molar-refractivity contribution in [1.29, 1.82) is 0 Å². The minimum absolute atomic E-state index is 0.584. The molecule has 0 amide bonds. The largest absolute Gasteiger partial charge is 0.489 e. The lowest BCUT2D eigenvalue weighted by Crippen LogP contribution is -2.15. The highest BCUT2D eigenvalue weighted by atomic mass is 32.2. The zero-order valence-electron chi connectivity index (χ0n) is 20.5. The molecule has 0 radical (unpaired) electrons. The molecule has 0 heterocycles. The van der Waals surface area contributed by atoms with Crippen molar-refractivity contribution in [1.82, 2.24) is 4.31 Å². The van der Waals surface area contributed by atoms with E-state index in [1.807, 2.05) is 44.2 Å². The summed E-state index contributed by atoms with van der Waals surface area (Å²) in [5.41, 5.74) is 4.65. The Morgan fingerprint density at radius 2 is 1.64 bits per heavy atom. The fraction of sp³-hybridized carbons (Fsp3) is 0.310. The number of ether oxygens (including phenoxy) is 1. The summed E-state index contributed by atoms with van der Waals surface area (Å²) in [6.45, 7) is 16.1. The van der Waals surface area contributed by atoms with Crippen LogP contribution in [0.3, 0.4) is 0 Å². The van der Waals surface area contributed by atoms with Crippen LogP contribution in [0, 0.1) is 0 Å². The summed E-state index contributed by atoms with van der Waals surface area (Å²) >= 11 is 1.75. The van der Waals surface area contributed by atoms with Gasteiger partial charge in [0.15, 0.2) is 0 Å². The quantitative estimate of drug-likeness (QED) is 0.274. The Bertz CT molecular complexity index is 941. The van der Waals surface area contributed by atoms with Gasteiger partial charge in [0, 0.05) is 30.2 Å². The zero-order chi connectivity index (χ0) is 23.9. The molecular formula is C29H38N2OS. The lowest BCUT2D eigenvalue weighted by molar-refractivity contribution is 0.306. The Balaban J connectivity index is 0.00000187. The van der Waals surface area contributed by atoms with Crippen molar-refractivity contribution < 1.29 is 4.74 Å². The fourth-order valence-corrected chi connectivity index (χ4v) is 4.12. The summed E-state index contributed by atoms with van der Waals surface area (Å²) < 4.78 is 8.22. The molecule has 0 saturated heterocycles. The molecule has 0 aliphatic heterocycles. The van der Waals surface area contributed by atoms with Crippen LogP contribution in [0.25, 0.3) is 4.91 Å². The number of nitrogens with one attached hydrogen (secondary N) is 1. The predicted molar refractivity (Wildman–Crippen MR) is 146 cm³/mol. The summed E-state index contributed by atoms with van der Waals surface area (Å²) in [5, 5.41) is 3.52. The van der Waals surface area contributed by atoms with Crippen LogP contribution in [0.2, 0.25) is 0 Å². The minimum Gasteiger partial charge on any atom is -0.489 e. The third kappa shape index (κ3) is 9.37. The third-order valence-electron chi connectivity index (χ3n) is 4.92. The summed E-state index contributed by atoms with van der Waals surface area (Å²) in [5.74, 6) is 0.885. The number of rotatable bonds is 12. The Morgan fingerprint density at radius 1 is 0.909 bits per heavy atom. The van der Waals surface area contributed by atoms with Gasteiger partial charge in [-0.05, 0) is 59.3 Å². The SMILES string of the molecule is C=C(SN(CC)CCC)c1cccc(NCc2ccc(OCc3ccccc3)cc2)c1.CC. The van der Waals surface area contributed by atoms with Gasteiger partial charge in [0.05, 0.1) is 0 Å². The van der Waals surface area contributed by atoms with Crippen molar-refractivity contribution in [3.63, 3.8) is 0 Å². The predicted octanol–water partition coefficient (Wildman–Crippen LogP) is 8.25. The van der Waals surface area contributed by atoms with Crippen molar-refractivity contribution in [2.75, 3.05) is 18.4 Å². The van der Waals surface area contributed by atoms with Crippen molar-refractivity contribution in [2.24, 2.45) is 0 Å². The highest BCUT2D eigenvalue weighted by Crippen LogP contribution is 2.30. The van der Waals surface area contributed by atoms with Crippen molar-refractivity contribution in [3.05, 3.63) is 102 Å². The van der Waals surface area contributed by atoms with Gasteiger partial charge in [-0.2, -0.15) is 0 Å². The monoisotopic (exact) mass is 462 g/mol. The van der Waals surface area contributed by atoms with Crippen LogP contribution in [-0.2, 0) is 13.2 Å². The van der Waals surface area contributed by atoms with E-state index in [0.29, 0.717) is 6.61 Å². The Kier molecular flexibility index (Phi) is 12.2. The molecule has 176 valence electrons. The maximum absolute atomic E-state index is 5.87. The minimum atomic E-state index is 0.584. The summed E-state index contributed by atoms with van der Waals surface area (Å²) in [6, 6.07) is 27.0. The average molecular weight is 463 g/mol. The van der Waals surface area contributed by atoms with Gasteiger partial charge >= 0.3 is 0 Å². The topological polar surface area (TPSA) is 24.5 Å². The number of hydrogen-bond acceptors (Lipinski definition) is 4. The molecule has 3 aromatic rings. The van der Waals surface area contributed by atoms with Gasteiger partial charge in [-0.1, -0.05) is 88.9 Å². The molecule has 0 spiro atoms. The zero-order valence-corrected chi connectivity index (χ0v) is 21.3. The van der Waals surface area contributed by atoms with E-state index in [1.54, 1.807) is 11.9 Å². The van der Waals surface area contributed by atoms with E-state index in [4.69, 9.17) is 4.74 Å². The number of benzene rings is 3. The molecule has 1 N–H and O–H groups in total. The Hall–Kier alpha value is -2.69. The van der Waals surface area contributed by atoms with E-state index in [9.17, 15) is 0 Å². The molecule has 0 aliphatic carbocycles. The van der Waals surface area contributed by atoms with Gasteiger partial charge < -0.3 is 10.1 Å². The van der Waals surface area contributed by atoms with Gasteiger partial charge in [-0.15, -0.1) is 0 Å². The molecule has 0 saturated carbocycles. The fourth-order valence-electron chi connectivity index (χ4n) is 3.18. The smallest absolute Gasteiger partial charge is 0.119 e. The van der Waals surface area contributed by atoms with Crippen LogP contribution >= 0.6 is 11.9 Å².